The normalized spacial score (nSPS) is 21.8. The molecule has 0 aromatic rings. The molecule has 2 heterocycles. The number of ether oxygens (including phenoxy) is 1. The first-order chi connectivity index (χ1) is 12.1. The number of nitrogens with zero attached hydrogens (tertiary/aromatic N) is 3. The van der Waals surface area contributed by atoms with Crippen LogP contribution in [0.5, 0.6) is 0 Å². The molecule has 0 saturated carbocycles. The van der Waals surface area contributed by atoms with Crippen LogP contribution in [-0.4, -0.2) is 81.3 Å². The topological polar surface area (TPSA) is 74.2 Å². The van der Waals surface area contributed by atoms with Crippen LogP contribution >= 0.6 is 24.0 Å². The summed E-state index contributed by atoms with van der Waals surface area (Å²) >= 11 is 0. The molecule has 0 bridgehead atoms. The number of piperidine rings is 2. The van der Waals surface area contributed by atoms with E-state index in [-0.39, 0.29) is 29.6 Å². The average molecular weight is 516 g/mol. The molecule has 2 aliphatic rings. The molecule has 0 aromatic heterocycles. The number of likely N-dealkylation sites (tertiary alicyclic amines) is 1. The number of sulfonamides is 1. The highest BCUT2D eigenvalue weighted by molar-refractivity contribution is 14.0. The van der Waals surface area contributed by atoms with E-state index in [1.54, 1.807) is 4.31 Å². The molecular weight excluding hydrogens is 479 g/mol. The first-order valence-corrected chi connectivity index (χ1v) is 11.5. The van der Waals surface area contributed by atoms with Gasteiger partial charge < -0.3 is 15.0 Å². The summed E-state index contributed by atoms with van der Waals surface area (Å²) in [6, 6.07) is 0. The van der Waals surface area contributed by atoms with Crippen LogP contribution in [0.25, 0.3) is 0 Å². The van der Waals surface area contributed by atoms with Gasteiger partial charge in [-0.1, -0.05) is 0 Å². The highest BCUT2D eigenvalue weighted by Crippen LogP contribution is 2.21. The Morgan fingerprint density at radius 3 is 2.11 bits per heavy atom. The fraction of sp³-hybridized carbons (Fsp3) is 0.944. The Kier molecular flexibility index (Phi) is 9.77. The van der Waals surface area contributed by atoms with Crippen molar-refractivity contribution in [3.8, 4) is 0 Å². The summed E-state index contributed by atoms with van der Waals surface area (Å²) in [4.78, 5) is 6.73. The lowest BCUT2D eigenvalue weighted by molar-refractivity contribution is -0.0773. The fourth-order valence-electron chi connectivity index (χ4n) is 3.70. The van der Waals surface area contributed by atoms with E-state index in [9.17, 15) is 8.42 Å². The molecule has 0 amide bonds. The van der Waals surface area contributed by atoms with Crippen molar-refractivity contribution in [1.29, 1.82) is 0 Å². The van der Waals surface area contributed by atoms with Gasteiger partial charge in [0.15, 0.2) is 5.96 Å². The van der Waals surface area contributed by atoms with Gasteiger partial charge in [0.25, 0.3) is 0 Å². The van der Waals surface area contributed by atoms with E-state index in [1.165, 1.54) is 6.26 Å². The maximum absolute atomic E-state index is 11.6. The van der Waals surface area contributed by atoms with Crippen LogP contribution < -0.4 is 5.32 Å². The van der Waals surface area contributed by atoms with Crippen molar-refractivity contribution < 1.29 is 13.2 Å². The number of halogens is 1. The van der Waals surface area contributed by atoms with E-state index in [4.69, 9.17) is 4.74 Å². The summed E-state index contributed by atoms with van der Waals surface area (Å²) in [6.07, 6.45) is 5.46. The van der Waals surface area contributed by atoms with E-state index in [0.717, 1.165) is 51.3 Å². The van der Waals surface area contributed by atoms with Crippen molar-refractivity contribution in [2.45, 2.75) is 58.2 Å². The van der Waals surface area contributed by atoms with E-state index in [1.807, 2.05) is 7.05 Å². The minimum Gasteiger partial charge on any atom is -0.372 e. The third kappa shape index (κ3) is 8.41. The Morgan fingerprint density at radius 2 is 1.67 bits per heavy atom. The molecule has 0 spiro atoms. The molecular formula is C18H37IN4O3S. The number of hydrogen-bond donors (Lipinski definition) is 1. The number of aliphatic imine (C=N–C) groups is 1. The molecule has 2 saturated heterocycles. The van der Waals surface area contributed by atoms with Crippen molar-refractivity contribution >= 4 is 40.0 Å². The minimum absolute atomic E-state index is 0. The van der Waals surface area contributed by atoms with Crippen molar-refractivity contribution in [2.24, 2.45) is 10.9 Å². The summed E-state index contributed by atoms with van der Waals surface area (Å²) in [5.41, 5.74) is -0.0897. The zero-order valence-corrected chi connectivity index (χ0v) is 20.5. The minimum atomic E-state index is -3.05. The smallest absolute Gasteiger partial charge is 0.211 e. The second-order valence-electron chi connectivity index (χ2n) is 8.45. The first kappa shape index (κ1) is 24.9. The molecule has 0 aliphatic carbocycles. The molecule has 7 nitrogen and oxygen atoms in total. The molecule has 0 radical (unpaired) electrons. The predicted octanol–water partition coefficient (Wildman–Crippen LogP) is 2.13. The van der Waals surface area contributed by atoms with Crippen LogP contribution in [0.15, 0.2) is 4.99 Å². The standard InChI is InChI=1S/C18H36N4O3S.HI/c1-18(2,3)25-16-8-10-21(11-9-16)17(19-4)20-14-15-6-12-22(13-7-15)26(5,23)24;/h15-16H,6-14H2,1-5H3,(H,19,20);1H. The lowest BCUT2D eigenvalue weighted by Gasteiger charge is -2.37. The molecule has 2 fully saturated rings. The van der Waals surface area contributed by atoms with E-state index in [2.05, 4.69) is 36.0 Å². The Balaban J connectivity index is 0.00000364. The van der Waals surface area contributed by atoms with Gasteiger partial charge in [-0.05, 0) is 52.4 Å². The number of hydrogen-bond acceptors (Lipinski definition) is 4. The van der Waals surface area contributed by atoms with E-state index in [0.29, 0.717) is 25.1 Å². The van der Waals surface area contributed by atoms with Crippen molar-refractivity contribution in [1.82, 2.24) is 14.5 Å². The van der Waals surface area contributed by atoms with Crippen LogP contribution in [0.3, 0.4) is 0 Å². The molecule has 9 heteroatoms. The Hall–Kier alpha value is -0.130. The molecule has 2 rings (SSSR count). The van der Waals surface area contributed by atoms with Gasteiger partial charge in [-0.15, -0.1) is 24.0 Å². The lowest BCUT2D eigenvalue weighted by atomic mass is 9.98. The Labute approximate surface area is 182 Å². The third-order valence-corrected chi connectivity index (χ3v) is 6.37. The second kappa shape index (κ2) is 10.6. The molecule has 1 N–H and O–H groups in total. The van der Waals surface area contributed by atoms with Crippen molar-refractivity contribution in [2.75, 3.05) is 46.0 Å². The Morgan fingerprint density at radius 1 is 1.11 bits per heavy atom. The van der Waals surface area contributed by atoms with Gasteiger partial charge in [-0.25, -0.2) is 12.7 Å². The molecule has 160 valence electrons. The number of nitrogens with one attached hydrogen (secondary N) is 1. The third-order valence-electron chi connectivity index (χ3n) is 5.06. The van der Waals surface area contributed by atoms with Crippen LogP contribution in [0.4, 0.5) is 0 Å². The van der Waals surface area contributed by atoms with Gasteiger partial charge >= 0.3 is 0 Å². The lowest BCUT2D eigenvalue weighted by Crippen LogP contribution is -2.49. The zero-order valence-electron chi connectivity index (χ0n) is 17.4. The average Bonchev–Trinajstić information content (AvgIpc) is 2.55. The van der Waals surface area contributed by atoms with Crippen LogP contribution in [0.1, 0.15) is 46.5 Å². The number of guanidine groups is 1. The highest BCUT2D eigenvalue weighted by Gasteiger charge is 2.27. The van der Waals surface area contributed by atoms with Gasteiger partial charge in [0, 0.05) is 39.8 Å². The van der Waals surface area contributed by atoms with Gasteiger partial charge in [-0.2, -0.15) is 0 Å². The van der Waals surface area contributed by atoms with Crippen LogP contribution in [0, 0.1) is 5.92 Å². The van der Waals surface area contributed by atoms with E-state index < -0.39 is 10.0 Å². The largest absolute Gasteiger partial charge is 0.372 e. The first-order valence-electron chi connectivity index (χ1n) is 9.67. The zero-order chi connectivity index (χ0) is 19.4. The fourth-order valence-corrected chi connectivity index (χ4v) is 4.57. The quantitative estimate of drug-likeness (QED) is 0.352. The van der Waals surface area contributed by atoms with Crippen molar-refractivity contribution in [3.63, 3.8) is 0 Å². The van der Waals surface area contributed by atoms with Crippen LogP contribution in [0.2, 0.25) is 0 Å². The highest BCUT2D eigenvalue weighted by atomic mass is 127. The van der Waals surface area contributed by atoms with Gasteiger partial charge in [0.2, 0.25) is 10.0 Å². The van der Waals surface area contributed by atoms with Crippen molar-refractivity contribution in [3.05, 3.63) is 0 Å². The Bertz CT molecular complexity index is 576. The van der Waals surface area contributed by atoms with E-state index >= 15 is 0 Å². The number of rotatable bonds is 4. The summed E-state index contributed by atoms with van der Waals surface area (Å²) in [5, 5.41) is 3.49. The van der Waals surface area contributed by atoms with Gasteiger partial charge in [-0.3, -0.25) is 4.99 Å². The summed E-state index contributed by atoms with van der Waals surface area (Å²) in [5.74, 6) is 1.44. The molecule has 0 unspecified atom stereocenters. The van der Waals surface area contributed by atoms with Gasteiger partial charge in [0.05, 0.1) is 18.0 Å². The molecule has 0 atom stereocenters. The molecule has 27 heavy (non-hydrogen) atoms. The monoisotopic (exact) mass is 516 g/mol. The second-order valence-corrected chi connectivity index (χ2v) is 10.4. The summed E-state index contributed by atoms with van der Waals surface area (Å²) < 4.78 is 30.9. The van der Waals surface area contributed by atoms with Crippen LogP contribution in [-0.2, 0) is 14.8 Å². The maximum Gasteiger partial charge on any atom is 0.211 e. The molecule has 0 aromatic carbocycles. The van der Waals surface area contributed by atoms with Gasteiger partial charge in [0.1, 0.15) is 0 Å². The summed E-state index contributed by atoms with van der Waals surface area (Å²) in [6.45, 7) is 10.3. The summed E-state index contributed by atoms with van der Waals surface area (Å²) in [7, 11) is -1.23. The molecule has 2 aliphatic heterocycles. The predicted molar refractivity (Wildman–Crippen MR) is 121 cm³/mol. The maximum atomic E-state index is 11.6. The SMILES string of the molecule is CN=C(NCC1CCN(S(C)(=O)=O)CC1)N1CCC(OC(C)(C)C)CC1.I.